The van der Waals surface area contributed by atoms with E-state index in [9.17, 15) is 12.8 Å². The second-order valence-corrected chi connectivity index (χ2v) is 10.1. The van der Waals surface area contributed by atoms with Gasteiger partial charge in [0.15, 0.2) is 11.5 Å². The number of rotatable bonds is 8. The molecule has 1 saturated heterocycles. The van der Waals surface area contributed by atoms with Crippen molar-refractivity contribution in [2.24, 2.45) is 0 Å². The number of ether oxygens (including phenoxy) is 2. The third-order valence-electron chi connectivity index (χ3n) is 6.16. The van der Waals surface area contributed by atoms with Gasteiger partial charge in [-0.3, -0.25) is 9.21 Å². The minimum Gasteiger partial charge on any atom is -0.493 e. The first-order valence-corrected chi connectivity index (χ1v) is 12.7. The highest BCUT2D eigenvalue weighted by Crippen LogP contribution is 2.36. The van der Waals surface area contributed by atoms with Crippen LogP contribution in [-0.2, 0) is 16.6 Å². The maximum atomic E-state index is 14.1. The van der Waals surface area contributed by atoms with Crippen molar-refractivity contribution >= 4 is 15.7 Å². The molecule has 0 atom stereocenters. The van der Waals surface area contributed by atoms with Crippen molar-refractivity contribution in [3.63, 3.8) is 0 Å². The van der Waals surface area contributed by atoms with Gasteiger partial charge in [0.25, 0.3) is 10.0 Å². The molecule has 8 heteroatoms. The van der Waals surface area contributed by atoms with Gasteiger partial charge in [-0.25, -0.2) is 12.8 Å². The lowest BCUT2D eigenvalue weighted by atomic mass is 10.0. The Hall–Kier alpha value is -3.10. The van der Waals surface area contributed by atoms with Crippen LogP contribution < -0.4 is 13.8 Å². The van der Waals surface area contributed by atoms with Crippen molar-refractivity contribution in [2.75, 3.05) is 31.6 Å². The van der Waals surface area contributed by atoms with E-state index in [4.69, 9.17) is 9.47 Å². The lowest BCUT2D eigenvalue weighted by Gasteiger charge is -2.39. The predicted molar refractivity (Wildman–Crippen MR) is 130 cm³/mol. The topological polar surface area (TPSA) is 59.1 Å². The molecule has 0 aliphatic carbocycles. The average molecular weight is 485 g/mol. The summed E-state index contributed by atoms with van der Waals surface area (Å²) in [6.45, 7) is 1.82. The summed E-state index contributed by atoms with van der Waals surface area (Å²) in [4.78, 5) is 2.40. The van der Waals surface area contributed by atoms with Gasteiger partial charge in [0, 0.05) is 37.3 Å². The molecule has 0 aromatic heterocycles. The molecular formula is C26H29FN2O4S. The second kappa shape index (κ2) is 10.4. The number of likely N-dealkylation sites (tertiary alicyclic amines) is 1. The third kappa shape index (κ3) is 5.03. The molecule has 0 amide bonds. The van der Waals surface area contributed by atoms with Crippen LogP contribution in [0.1, 0.15) is 18.4 Å². The highest BCUT2D eigenvalue weighted by molar-refractivity contribution is 7.92. The summed E-state index contributed by atoms with van der Waals surface area (Å²) in [5.41, 5.74) is 1.17. The van der Waals surface area contributed by atoms with Crippen molar-refractivity contribution in [1.82, 2.24) is 4.90 Å². The van der Waals surface area contributed by atoms with E-state index in [2.05, 4.69) is 4.90 Å². The van der Waals surface area contributed by atoms with Crippen LogP contribution in [0, 0.1) is 5.82 Å². The van der Waals surface area contributed by atoms with E-state index in [1.54, 1.807) is 67.8 Å². The van der Waals surface area contributed by atoms with E-state index in [1.165, 1.54) is 17.5 Å². The number of methoxy groups -OCH3 is 2. The molecule has 1 aliphatic rings. The maximum Gasteiger partial charge on any atom is 0.264 e. The summed E-state index contributed by atoms with van der Waals surface area (Å²) in [7, 11) is -0.753. The van der Waals surface area contributed by atoms with Crippen molar-refractivity contribution in [2.45, 2.75) is 30.3 Å². The SMILES string of the molecule is COc1ccc(N(C2CCN(Cc3ccccc3F)CC2)S(=O)(=O)c2ccccc2)cc1OC. The number of anilines is 1. The maximum absolute atomic E-state index is 14.1. The first-order chi connectivity index (χ1) is 16.4. The third-order valence-corrected chi connectivity index (χ3v) is 8.06. The molecule has 3 aromatic rings. The molecular weight excluding hydrogens is 455 g/mol. The molecule has 0 N–H and O–H groups in total. The van der Waals surface area contributed by atoms with Crippen LogP contribution in [0.5, 0.6) is 11.5 Å². The monoisotopic (exact) mass is 484 g/mol. The normalized spacial score (nSPS) is 15.1. The van der Waals surface area contributed by atoms with Crippen LogP contribution in [0.4, 0.5) is 10.1 Å². The first-order valence-electron chi connectivity index (χ1n) is 11.2. The highest BCUT2D eigenvalue weighted by Gasteiger charge is 2.34. The Kier molecular flexibility index (Phi) is 7.38. The molecule has 0 bridgehead atoms. The summed E-state index contributed by atoms with van der Waals surface area (Å²) in [6.07, 6.45) is 1.24. The molecule has 3 aromatic carbocycles. The molecule has 6 nitrogen and oxygen atoms in total. The van der Waals surface area contributed by atoms with E-state index in [0.29, 0.717) is 55.2 Å². The molecule has 0 radical (unpaired) electrons. The fourth-order valence-corrected chi connectivity index (χ4v) is 6.12. The van der Waals surface area contributed by atoms with E-state index >= 15 is 0 Å². The molecule has 4 rings (SSSR count). The number of hydrogen-bond donors (Lipinski definition) is 0. The van der Waals surface area contributed by atoms with Gasteiger partial charge in [0.2, 0.25) is 0 Å². The van der Waals surface area contributed by atoms with Crippen molar-refractivity contribution < 1.29 is 22.3 Å². The number of benzene rings is 3. The molecule has 0 unspecified atom stereocenters. The zero-order chi connectivity index (χ0) is 24.1. The van der Waals surface area contributed by atoms with Crippen molar-refractivity contribution in [3.8, 4) is 11.5 Å². The van der Waals surface area contributed by atoms with Gasteiger partial charge in [0.05, 0.1) is 24.8 Å². The Morgan fingerprint density at radius 3 is 2.21 bits per heavy atom. The zero-order valence-electron chi connectivity index (χ0n) is 19.4. The van der Waals surface area contributed by atoms with Gasteiger partial charge >= 0.3 is 0 Å². The smallest absolute Gasteiger partial charge is 0.264 e. The lowest BCUT2D eigenvalue weighted by Crippen LogP contribution is -2.47. The summed E-state index contributed by atoms with van der Waals surface area (Å²) >= 11 is 0. The number of hydrogen-bond acceptors (Lipinski definition) is 5. The molecule has 1 heterocycles. The summed E-state index contributed by atoms with van der Waals surface area (Å²) in [5.74, 6) is 0.775. The van der Waals surface area contributed by atoms with Gasteiger partial charge in [-0.2, -0.15) is 0 Å². The molecule has 0 spiro atoms. The fraction of sp³-hybridized carbons (Fsp3) is 0.308. The van der Waals surface area contributed by atoms with Crippen LogP contribution in [0.2, 0.25) is 0 Å². The first kappa shape index (κ1) is 24.0. The van der Waals surface area contributed by atoms with E-state index in [-0.39, 0.29) is 16.8 Å². The van der Waals surface area contributed by atoms with Gasteiger partial charge in [-0.05, 0) is 43.2 Å². The van der Waals surface area contributed by atoms with Gasteiger partial charge in [0.1, 0.15) is 5.82 Å². The van der Waals surface area contributed by atoms with Gasteiger partial charge < -0.3 is 9.47 Å². The number of piperidine rings is 1. The van der Waals surface area contributed by atoms with E-state index < -0.39 is 10.0 Å². The van der Waals surface area contributed by atoms with Crippen LogP contribution in [0.15, 0.2) is 77.7 Å². The molecule has 0 saturated carbocycles. The summed E-state index contributed by atoms with van der Waals surface area (Å²) < 4.78 is 54.0. The Morgan fingerprint density at radius 2 is 1.56 bits per heavy atom. The van der Waals surface area contributed by atoms with E-state index in [1.807, 2.05) is 6.07 Å². The van der Waals surface area contributed by atoms with Gasteiger partial charge in [-0.1, -0.05) is 36.4 Å². The fourth-order valence-electron chi connectivity index (χ4n) is 4.39. The molecule has 1 aliphatic heterocycles. The van der Waals surface area contributed by atoms with Crippen LogP contribution in [0.25, 0.3) is 0 Å². The predicted octanol–water partition coefficient (Wildman–Crippen LogP) is 4.70. The zero-order valence-corrected chi connectivity index (χ0v) is 20.2. The largest absolute Gasteiger partial charge is 0.493 e. The number of halogens is 1. The minimum atomic E-state index is -3.82. The summed E-state index contributed by atoms with van der Waals surface area (Å²) in [5, 5.41) is 0. The lowest BCUT2D eigenvalue weighted by molar-refractivity contribution is 0.204. The van der Waals surface area contributed by atoms with Crippen LogP contribution in [-0.4, -0.2) is 46.7 Å². The minimum absolute atomic E-state index is 0.219. The standard InChI is InChI=1S/C26H29FN2O4S/c1-32-25-13-12-22(18-26(25)33-2)29(34(30,31)23-9-4-3-5-10-23)21-14-16-28(17-15-21)19-20-8-6-7-11-24(20)27/h3-13,18,21H,14-17,19H2,1-2H3. The quantitative estimate of drug-likeness (QED) is 0.464. The second-order valence-electron chi connectivity index (χ2n) is 8.25. The molecule has 34 heavy (non-hydrogen) atoms. The molecule has 180 valence electrons. The Labute approximate surface area is 200 Å². The Morgan fingerprint density at radius 1 is 0.912 bits per heavy atom. The van der Waals surface area contributed by atoms with Crippen molar-refractivity contribution in [1.29, 1.82) is 0 Å². The average Bonchev–Trinajstić information content (AvgIpc) is 2.87. The molecule has 1 fully saturated rings. The highest BCUT2D eigenvalue weighted by atomic mass is 32.2. The Balaban J connectivity index is 1.63. The summed E-state index contributed by atoms with van der Waals surface area (Å²) in [6, 6.07) is 20.1. The van der Waals surface area contributed by atoms with Crippen LogP contribution in [0.3, 0.4) is 0 Å². The van der Waals surface area contributed by atoms with Gasteiger partial charge in [-0.15, -0.1) is 0 Å². The van der Waals surface area contributed by atoms with Crippen molar-refractivity contribution in [3.05, 3.63) is 84.2 Å². The number of sulfonamides is 1. The van der Waals surface area contributed by atoms with Crippen LogP contribution >= 0.6 is 0 Å². The Bertz CT molecular complexity index is 1210. The van der Waals surface area contributed by atoms with E-state index in [0.717, 1.165) is 0 Å². The number of nitrogens with zero attached hydrogens (tertiary/aromatic N) is 2.